The molecule has 0 radical (unpaired) electrons. The van der Waals surface area contributed by atoms with Crippen molar-refractivity contribution in [2.45, 2.75) is 11.7 Å². The van der Waals surface area contributed by atoms with E-state index in [1.54, 1.807) is 6.20 Å². The second kappa shape index (κ2) is 4.89. The number of nitrogens with one attached hydrogen (secondary N) is 1. The third-order valence-electron chi connectivity index (χ3n) is 2.89. The molecule has 2 aromatic heterocycles. The summed E-state index contributed by atoms with van der Waals surface area (Å²) >= 11 is 1.41. The number of pyridine rings is 1. The molecule has 0 amide bonds. The molecule has 0 unspecified atom stereocenters. The van der Waals surface area contributed by atoms with E-state index >= 15 is 0 Å². The predicted octanol–water partition coefficient (Wildman–Crippen LogP) is 1.89. The van der Waals surface area contributed by atoms with Gasteiger partial charge in [-0.15, -0.1) is 5.10 Å². The Morgan fingerprint density at radius 2 is 2.16 bits per heavy atom. The van der Waals surface area contributed by atoms with Crippen LogP contribution in [-0.4, -0.2) is 26.0 Å². The minimum Gasteiger partial charge on any atom is -0.284 e. The predicted molar refractivity (Wildman–Crippen MR) is 75.5 cm³/mol. The number of aromatic amines is 1. The monoisotopic (exact) mass is 272 g/mol. The minimum atomic E-state index is -0.197. The van der Waals surface area contributed by atoms with Gasteiger partial charge in [0.15, 0.2) is 5.16 Å². The van der Waals surface area contributed by atoms with Crippen molar-refractivity contribution in [2.75, 3.05) is 6.26 Å². The second-order valence-corrected chi connectivity index (χ2v) is 4.88. The fourth-order valence-electron chi connectivity index (χ4n) is 1.99. The highest BCUT2D eigenvalue weighted by Crippen LogP contribution is 2.16. The quantitative estimate of drug-likeness (QED) is 0.740. The normalized spacial score (nSPS) is 11.0. The maximum absolute atomic E-state index is 11.8. The Bertz CT molecular complexity index is 772. The highest BCUT2D eigenvalue weighted by molar-refractivity contribution is 7.98. The van der Waals surface area contributed by atoms with Gasteiger partial charge in [-0.25, -0.2) is 9.48 Å². The number of nitrogens with zero attached hydrogens (tertiary/aromatic N) is 3. The van der Waals surface area contributed by atoms with Crippen molar-refractivity contribution in [1.29, 1.82) is 0 Å². The number of benzene rings is 1. The lowest BCUT2D eigenvalue weighted by Crippen LogP contribution is -2.18. The zero-order valence-electron chi connectivity index (χ0n) is 10.3. The molecule has 2 heterocycles. The average molecular weight is 272 g/mol. The molecular formula is C13H12N4OS. The van der Waals surface area contributed by atoms with Gasteiger partial charge in [0.25, 0.3) is 0 Å². The highest BCUT2D eigenvalue weighted by atomic mass is 32.2. The van der Waals surface area contributed by atoms with Crippen LogP contribution in [0.25, 0.3) is 10.9 Å². The summed E-state index contributed by atoms with van der Waals surface area (Å²) < 4.78 is 1.43. The van der Waals surface area contributed by atoms with Gasteiger partial charge in [0.1, 0.15) is 0 Å². The Hall–Kier alpha value is -2.08. The van der Waals surface area contributed by atoms with Crippen LogP contribution < -0.4 is 5.69 Å². The molecule has 3 rings (SSSR count). The zero-order chi connectivity index (χ0) is 13.2. The summed E-state index contributed by atoms with van der Waals surface area (Å²) in [4.78, 5) is 18.8. The number of hydrogen-bond donors (Lipinski definition) is 1. The lowest BCUT2D eigenvalue weighted by atomic mass is 10.1. The van der Waals surface area contributed by atoms with Gasteiger partial charge >= 0.3 is 5.69 Å². The number of hydrogen-bond acceptors (Lipinski definition) is 4. The van der Waals surface area contributed by atoms with Gasteiger partial charge in [0.2, 0.25) is 0 Å². The Kier molecular flexibility index (Phi) is 3.08. The zero-order valence-corrected chi connectivity index (χ0v) is 11.1. The molecule has 3 aromatic rings. The Morgan fingerprint density at radius 1 is 1.32 bits per heavy atom. The summed E-state index contributed by atoms with van der Waals surface area (Å²) in [6.07, 6.45) is 3.63. The summed E-state index contributed by atoms with van der Waals surface area (Å²) in [5.41, 5.74) is 1.70. The van der Waals surface area contributed by atoms with Crippen molar-refractivity contribution in [1.82, 2.24) is 19.7 Å². The third-order valence-corrected chi connectivity index (χ3v) is 3.46. The number of fused-ring (bicyclic) bond motifs is 1. The molecule has 1 N–H and O–H groups in total. The van der Waals surface area contributed by atoms with Crippen LogP contribution in [0.4, 0.5) is 0 Å². The molecular weight excluding hydrogens is 260 g/mol. The molecule has 0 bridgehead atoms. The standard InChI is InChI=1S/C13H12N4OS/c1-19-12-15-13(18)17(16-12)8-10-5-2-4-9-6-3-7-14-11(9)10/h2-7H,8H2,1H3,(H,15,16,18). The van der Waals surface area contributed by atoms with Gasteiger partial charge in [-0.3, -0.25) is 9.97 Å². The van der Waals surface area contributed by atoms with Gasteiger partial charge in [0.05, 0.1) is 12.1 Å². The second-order valence-electron chi connectivity index (χ2n) is 4.09. The first-order valence-corrected chi connectivity index (χ1v) is 7.04. The van der Waals surface area contributed by atoms with E-state index in [4.69, 9.17) is 0 Å². The fraction of sp³-hybridized carbons (Fsp3) is 0.154. The van der Waals surface area contributed by atoms with E-state index in [0.29, 0.717) is 11.7 Å². The molecule has 1 aromatic carbocycles. The average Bonchev–Trinajstić information content (AvgIpc) is 2.80. The van der Waals surface area contributed by atoms with Crippen molar-refractivity contribution in [3.05, 3.63) is 52.6 Å². The molecule has 0 aliphatic rings. The fourth-order valence-corrected chi connectivity index (χ4v) is 2.36. The number of thioether (sulfide) groups is 1. The van der Waals surface area contributed by atoms with Crippen LogP contribution >= 0.6 is 11.8 Å². The van der Waals surface area contributed by atoms with Crippen molar-refractivity contribution >= 4 is 22.7 Å². The van der Waals surface area contributed by atoms with E-state index < -0.39 is 0 Å². The Morgan fingerprint density at radius 3 is 2.95 bits per heavy atom. The summed E-state index contributed by atoms with van der Waals surface area (Å²) in [6.45, 7) is 0.421. The van der Waals surface area contributed by atoms with Gasteiger partial charge in [-0.2, -0.15) is 0 Å². The van der Waals surface area contributed by atoms with E-state index in [0.717, 1.165) is 16.5 Å². The number of H-pyrrole nitrogens is 1. The molecule has 0 spiro atoms. The summed E-state index contributed by atoms with van der Waals surface area (Å²) in [7, 11) is 0. The van der Waals surface area contributed by atoms with Crippen molar-refractivity contribution < 1.29 is 0 Å². The summed E-state index contributed by atoms with van der Waals surface area (Å²) in [6, 6.07) is 9.85. The number of para-hydroxylation sites is 1. The van der Waals surface area contributed by atoms with Crippen molar-refractivity contribution in [3.63, 3.8) is 0 Å². The molecule has 19 heavy (non-hydrogen) atoms. The SMILES string of the molecule is CSc1nn(Cc2cccc3cccnc23)c(=O)[nH]1. The number of aromatic nitrogens is 4. The van der Waals surface area contributed by atoms with Crippen molar-refractivity contribution in [3.8, 4) is 0 Å². The van der Waals surface area contributed by atoms with E-state index in [1.165, 1.54) is 16.4 Å². The van der Waals surface area contributed by atoms with E-state index in [2.05, 4.69) is 15.1 Å². The molecule has 6 heteroatoms. The highest BCUT2D eigenvalue weighted by Gasteiger charge is 2.07. The summed E-state index contributed by atoms with van der Waals surface area (Å²) in [5, 5.41) is 5.90. The summed E-state index contributed by atoms with van der Waals surface area (Å²) in [5.74, 6) is 0. The van der Waals surface area contributed by atoms with Crippen LogP contribution in [0.5, 0.6) is 0 Å². The molecule has 0 fully saturated rings. The van der Waals surface area contributed by atoms with Crippen LogP contribution in [0, 0.1) is 0 Å². The van der Waals surface area contributed by atoms with Gasteiger partial charge in [-0.05, 0) is 12.3 Å². The van der Waals surface area contributed by atoms with E-state index in [-0.39, 0.29) is 5.69 Å². The topological polar surface area (TPSA) is 63.6 Å². The van der Waals surface area contributed by atoms with Gasteiger partial charge in [-0.1, -0.05) is 36.0 Å². The van der Waals surface area contributed by atoms with E-state index in [1.807, 2.05) is 36.6 Å². The first-order valence-electron chi connectivity index (χ1n) is 5.81. The van der Waals surface area contributed by atoms with Crippen molar-refractivity contribution in [2.24, 2.45) is 0 Å². The number of rotatable bonds is 3. The molecule has 0 saturated heterocycles. The van der Waals surface area contributed by atoms with Crippen LogP contribution in [0.2, 0.25) is 0 Å². The van der Waals surface area contributed by atoms with Gasteiger partial charge < -0.3 is 0 Å². The molecule has 0 atom stereocenters. The minimum absolute atomic E-state index is 0.197. The van der Waals surface area contributed by atoms with Crippen LogP contribution in [0.15, 0.2) is 46.5 Å². The first-order chi connectivity index (χ1) is 9.28. The smallest absolute Gasteiger partial charge is 0.284 e. The Labute approximate surface area is 113 Å². The third kappa shape index (κ3) is 2.26. The van der Waals surface area contributed by atoms with E-state index in [9.17, 15) is 4.79 Å². The molecule has 96 valence electrons. The van der Waals surface area contributed by atoms with Crippen LogP contribution in [-0.2, 0) is 6.54 Å². The first kappa shape index (κ1) is 12.0. The molecule has 0 aliphatic heterocycles. The lowest BCUT2D eigenvalue weighted by molar-refractivity contribution is 0.647. The largest absolute Gasteiger partial charge is 0.344 e. The maximum Gasteiger partial charge on any atom is 0.344 e. The van der Waals surface area contributed by atoms with Crippen LogP contribution in [0.3, 0.4) is 0 Å². The molecule has 0 saturated carbocycles. The molecule has 0 aliphatic carbocycles. The Balaban J connectivity index is 2.05. The lowest BCUT2D eigenvalue weighted by Gasteiger charge is -2.04. The molecule has 5 nitrogen and oxygen atoms in total. The van der Waals surface area contributed by atoms with Crippen LogP contribution in [0.1, 0.15) is 5.56 Å². The maximum atomic E-state index is 11.8. The van der Waals surface area contributed by atoms with Gasteiger partial charge in [0, 0.05) is 17.1 Å².